The van der Waals surface area contributed by atoms with Crippen LogP contribution in [0.5, 0.6) is 5.75 Å². The van der Waals surface area contributed by atoms with Gasteiger partial charge in [-0.1, -0.05) is 84.9 Å². The maximum atomic E-state index is 11.2. The Bertz CT molecular complexity index is 1080. The third-order valence-corrected chi connectivity index (χ3v) is 4.70. The largest absolute Gasteiger partial charge is 0.507 e. The van der Waals surface area contributed by atoms with Gasteiger partial charge >= 0.3 is 0 Å². The van der Waals surface area contributed by atoms with Crippen LogP contribution in [-0.2, 0) is 0 Å². The number of phenolic OH excluding ortho intramolecular Hbond substituents is 1. The van der Waals surface area contributed by atoms with Gasteiger partial charge in [-0.25, -0.2) is 0 Å². The van der Waals surface area contributed by atoms with Crippen LogP contribution in [0, 0.1) is 0 Å². The molecular weight excluding hydrogens is 332 g/mol. The standard InChI is InChI=1S/C25H18O2/c26-17-21-12-7-13-23(25(21)27)22-15-14-20(18-8-3-1-4-9-18)16-24(22)19-10-5-2-6-11-19/h1-17,27H. The van der Waals surface area contributed by atoms with Crippen LogP contribution in [-0.4, -0.2) is 11.4 Å². The van der Waals surface area contributed by atoms with Crippen molar-refractivity contribution in [3.8, 4) is 39.1 Å². The summed E-state index contributed by atoms with van der Waals surface area (Å²) in [4.78, 5) is 11.2. The normalized spacial score (nSPS) is 10.5. The highest BCUT2D eigenvalue weighted by atomic mass is 16.3. The number of carbonyl (C=O) groups excluding carboxylic acids is 1. The molecule has 4 aromatic rings. The molecule has 0 aliphatic heterocycles. The van der Waals surface area contributed by atoms with E-state index in [9.17, 15) is 9.90 Å². The lowest BCUT2D eigenvalue weighted by Crippen LogP contribution is -1.90. The van der Waals surface area contributed by atoms with Crippen molar-refractivity contribution >= 4 is 6.29 Å². The number of aldehydes is 1. The second-order valence-electron chi connectivity index (χ2n) is 6.35. The number of hydrogen-bond acceptors (Lipinski definition) is 2. The van der Waals surface area contributed by atoms with Crippen molar-refractivity contribution in [1.82, 2.24) is 0 Å². The van der Waals surface area contributed by atoms with Gasteiger partial charge in [-0.15, -0.1) is 0 Å². The summed E-state index contributed by atoms with van der Waals surface area (Å²) in [5.74, 6) is 0.0112. The van der Waals surface area contributed by atoms with E-state index in [-0.39, 0.29) is 5.75 Å². The average Bonchev–Trinajstić information content (AvgIpc) is 2.75. The summed E-state index contributed by atoms with van der Waals surface area (Å²) < 4.78 is 0. The quantitative estimate of drug-likeness (QED) is 0.445. The van der Waals surface area contributed by atoms with E-state index in [1.54, 1.807) is 12.1 Å². The number of para-hydroxylation sites is 1. The molecule has 0 amide bonds. The predicted molar refractivity (Wildman–Crippen MR) is 110 cm³/mol. The van der Waals surface area contributed by atoms with Gasteiger partial charge in [0.1, 0.15) is 5.75 Å². The van der Waals surface area contributed by atoms with Crippen LogP contribution < -0.4 is 0 Å². The number of carbonyl (C=O) groups is 1. The number of hydrogen-bond donors (Lipinski definition) is 1. The maximum absolute atomic E-state index is 11.2. The summed E-state index contributed by atoms with van der Waals surface area (Å²) >= 11 is 0. The molecule has 0 fully saturated rings. The zero-order valence-corrected chi connectivity index (χ0v) is 14.7. The second kappa shape index (κ2) is 7.30. The Balaban J connectivity index is 1.96. The van der Waals surface area contributed by atoms with Gasteiger partial charge in [0.2, 0.25) is 0 Å². The zero-order valence-electron chi connectivity index (χ0n) is 14.7. The summed E-state index contributed by atoms with van der Waals surface area (Å²) in [6, 6.07) is 31.7. The van der Waals surface area contributed by atoms with Crippen molar-refractivity contribution in [2.24, 2.45) is 0 Å². The van der Waals surface area contributed by atoms with Gasteiger partial charge in [0.05, 0.1) is 5.56 Å². The molecule has 0 atom stereocenters. The summed E-state index contributed by atoms with van der Waals surface area (Å²) in [5.41, 5.74) is 6.13. The summed E-state index contributed by atoms with van der Waals surface area (Å²) in [7, 11) is 0. The molecule has 0 unspecified atom stereocenters. The van der Waals surface area contributed by atoms with Gasteiger partial charge in [-0.3, -0.25) is 4.79 Å². The van der Waals surface area contributed by atoms with E-state index in [0.717, 1.165) is 27.8 Å². The minimum atomic E-state index is 0.0112. The first kappa shape index (κ1) is 16.8. The van der Waals surface area contributed by atoms with Gasteiger partial charge in [0, 0.05) is 5.56 Å². The van der Waals surface area contributed by atoms with E-state index in [4.69, 9.17) is 0 Å². The van der Waals surface area contributed by atoms with Crippen LogP contribution >= 0.6 is 0 Å². The Labute approximate surface area is 158 Å². The van der Waals surface area contributed by atoms with Crippen LogP contribution in [0.3, 0.4) is 0 Å². The Morgan fingerprint density at radius 3 is 1.89 bits per heavy atom. The molecule has 0 aliphatic rings. The average molecular weight is 350 g/mol. The molecule has 0 aromatic heterocycles. The van der Waals surface area contributed by atoms with Crippen LogP contribution in [0.4, 0.5) is 0 Å². The number of phenols is 1. The Kier molecular flexibility index (Phi) is 4.54. The highest BCUT2D eigenvalue weighted by Gasteiger charge is 2.14. The van der Waals surface area contributed by atoms with E-state index in [2.05, 4.69) is 18.2 Å². The minimum absolute atomic E-state index is 0.0112. The molecule has 4 rings (SSSR count). The lowest BCUT2D eigenvalue weighted by molar-refractivity contribution is 0.112. The molecule has 2 heteroatoms. The highest BCUT2D eigenvalue weighted by molar-refractivity contribution is 5.92. The highest BCUT2D eigenvalue weighted by Crippen LogP contribution is 2.40. The van der Waals surface area contributed by atoms with Gasteiger partial charge in [-0.2, -0.15) is 0 Å². The van der Waals surface area contributed by atoms with E-state index < -0.39 is 0 Å². The Morgan fingerprint density at radius 1 is 0.556 bits per heavy atom. The molecule has 130 valence electrons. The Hall–Kier alpha value is -3.65. The monoisotopic (exact) mass is 350 g/mol. The van der Waals surface area contributed by atoms with Gasteiger partial charge in [0.25, 0.3) is 0 Å². The maximum Gasteiger partial charge on any atom is 0.153 e. The van der Waals surface area contributed by atoms with Crippen molar-refractivity contribution in [2.75, 3.05) is 0 Å². The first-order valence-electron chi connectivity index (χ1n) is 8.80. The smallest absolute Gasteiger partial charge is 0.153 e. The van der Waals surface area contributed by atoms with Crippen LogP contribution in [0.2, 0.25) is 0 Å². The number of aromatic hydroxyl groups is 1. The first-order valence-corrected chi connectivity index (χ1v) is 8.80. The molecular formula is C25H18O2. The molecule has 0 saturated carbocycles. The number of benzene rings is 4. The Morgan fingerprint density at radius 2 is 1.22 bits per heavy atom. The molecule has 0 spiro atoms. The third kappa shape index (κ3) is 3.25. The molecule has 2 nitrogen and oxygen atoms in total. The fourth-order valence-corrected chi connectivity index (χ4v) is 3.32. The van der Waals surface area contributed by atoms with Gasteiger partial charge in [0.15, 0.2) is 6.29 Å². The van der Waals surface area contributed by atoms with Crippen molar-refractivity contribution in [3.05, 3.63) is 103 Å². The lowest BCUT2D eigenvalue weighted by atomic mass is 9.90. The van der Waals surface area contributed by atoms with Gasteiger partial charge < -0.3 is 5.11 Å². The SMILES string of the molecule is O=Cc1cccc(-c2ccc(-c3ccccc3)cc2-c2ccccc2)c1O. The summed E-state index contributed by atoms with van der Waals surface area (Å²) in [5, 5.41) is 10.6. The van der Waals surface area contributed by atoms with E-state index in [1.807, 2.05) is 66.7 Å². The van der Waals surface area contributed by atoms with E-state index in [1.165, 1.54) is 0 Å². The minimum Gasteiger partial charge on any atom is -0.507 e. The second-order valence-corrected chi connectivity index (χ2v) is 6.35. The molecule has 0 aliphatic carbocycles. The van der Waals surface area contributed by atoms with Crippen molar-refractivity contribution in [2.45, 2.75) is 0 Å². The molecule has 27 heavy (non-hydrogen) atoms. The molecule has 1 N–H and O–H groups in total. The lowest BCUT2D eigenvalue weighted by Gasteiger charge is -2.15. The third-order valence-electron chi connectivity index (χ3n) is 4.70. The topological polar surface area (TPSA) is 37.3 Å². The summed E-state index contributed by atoms with van der Waals surface area (Å²) in [6.07, 6.45) is 0.680. The van der Waals surface area contributed by atoms with E-state index in [0.29, 0.717) is 17.4 Å². The predicted octanol–water partition coefficient (Wildman–Crippen LogP) is 6.21. The van der Waals surface area contributed by atoms with Gasteiger partial charge in [-0.05, 0) is 39.9 Å². The number of rotatable bonds is 4. The van der Waals surface area contributed by atoms with Crippen LogP contribution in [0.1, 0.15) is 10.4 Å². The van der Waals surface area contributed by atoms with Crippen LogP contribution in [0.25, 0.3) is 33.4 Å². The first-order chi connectivity index (χ1) is 13.3. The van der Waals surface area contributed by atoms with Crippen molar-refractivity contribution < 1.29 is 9.90 Å². The zero-order chi connectivity index (χ0) is 18.6. The fraction of sp³-hybridized carbons (Fsp3) is 0. The van der Waals surface area contributed by atoms with E-state index >= 15 is 0 Å². The van der Waals surface area contributed by atoms with Crippen LogP contribution in [0.15, 0.2) is 97.1 Å². The molecule has 0 saturated heterocycles. The van der Waals surface area contributed by atoms with Crippen molar-refractivity contribution in [3.63, 3.8) is 0 Å². The van der Waals surface area contributed by atoms with Crippen molar-refractivity contribution in [1.29, 1.82) is 0 Å². The molecule has 0 radical (unpaired) electrons. The summed E-state index contributed by atoms with van der Waals surface area (Å²) in [6.45, 7) is 0. The fourth-order valence-electron chi connectivity index (χ4n) is 3.32. The molecule has 4 aromatic carbocycles. The molecule has 0 bridgehead atoms. The molecule has 0 heterocycles.